The molecule has 0 radical (unpaired) electrons. The maximum atomic E-state index is 13.1. The van der Waals surface area contributed by atoms with Crippen molar-refractivity contribution in [3.05, 3.63) is 46.6 Å². The van der Waals surface area contributed by atoms with E-state index in [9.17, 15) is 18.0 Å². The molecular formula is C21H25F3N2O4. The molecule has 164 valence electrons. The molecule has 0 aliphatic heterocycles. The van der Waals surface area contributed by atoms with Gasteiger partial charge in [-0.3, -0.25) is 0 Å². The number of methoxy groups -OCH3 is 2. The Kier molecular flexibility index (Phi) is 11.0. The summed E-state index contributed by atoms with van der Waals surface area (Å²) in [5, 5.41) is 8.90. The molecule has 0 aliphatic rings. The molecule has 0 saturated carbocycles. The zero-order chi connectivity index (χ0) is 23.5. The number of pyridine rings is 1. The summed E-state index contributed by atoms with van der Waals surface area (Å²) in [5.74, 6) is -1.17. The highest BCUT2D eigenvalue weighted by Gasteiger charge is 2.36. The van der Waals surface area contributed by atoms with Crippen LogP contribution in [0.25, 0.3) is 0 Å². The average Bonchev–Trinajstić information content (AvgIpc) is 2.75. The van der Waals surface area contributed by atoms with E-state index >= 15 is 0 Å². The maximum Gasteiger partial charge on any atom is 0.418 e. The van der Waals surface area contributed by atoms with Crippen LogP contribution in [0.4, 0.5) is 13.2 Å². The summed E-state index contributed by atoms with van der Waals surface area (Å²) in [6.45, 7) is 9.12. The predicted molar refractivity (Wildman–Crippen MR) is 106 cm³/mol. The number of esters is 1. The summed E-state index contributed by atoms with van der Waals surface area (Å²) in [4.78, 5) is 15.6. The van der Waals surface area contributed by atoms with Gasteiger partial charge in [0, 0.05) is 12.3 Å². The molecule has 0 unspecified atom stereocenters. The molecule has 30 heavy (non-hydrogen) atoms. The van der Waals surface area contributed by atoms with Gasteiger partial charge in [-0.2, -0.15) is 18.4 Å². The summed E-state index contributed by atoms with van der Waals surface area (Å²) in [5.41, 5.74) is -1.60. The summed E-state index contributed by atoms with van der Waals surface area (Å²) >= 11 is 0. The molecule has 2 rings (SSSR count). The van der Waals surface area contributed by atoms with Crippen LogP contribution in [-0.2, 0) is 10.9 Å². The second-order valence-electron chi connectivity index (χ2n) is 5.05. The molecule has 9 heteroatoms. The van der Waals surface area contributed by atoms with Gasteiger partial charge < -0.3 is 14.2 Å². The van der Waals surface area contributed by atoms with Crippen molar-refractivity contribution in [1.82, 2.24) is 4.98 Å². The number of benzene rings is 1. The molecular weight excluding hydrogens is 401 g/mol. The van der Waals surface area contributed by atoms with Crippen molar-refractivity contribution in [2.75, 3.05) is 14.2 Å². The number of nitriles is 1. The monoisotopic (exact) mass is 426 g/mol. The molecule has 0 bridgehead atoms. The molecule has 0 spiro atoms. The number of nitrogens with zero attached hydrogens (tertiary/aromatic N) is 2. The number of halogens is 3. The third kappa shape index (κ3) is 6.37. The van der Waals surface area contributed by atoms with Crippen LogP contribution >= 0.6 is 0 Å². The summed E-state index contributed by atoms with van der Waals surface area (Å²) < 4.78 is 54.4. The number of aromatic nitrogens is 1. The Bertz CT molecular complexity index is 891. The highest BCUT2D eigenvalue weighted by molar-refractivity contribution is 5.94. The Hall–Kier alpha value is -3.28. The zero-order valence-electron chi connectivity index (χ0n) is 18.0. The first-order valence-corrected chi connectivity index (χ1v) is 9.14. The van der Waals surface area contributed by atoms with Gasteiger partial charge in [-0.15, -0.1) is 0 Å². The Morgan fingerprint density at radius 1 is 1.10 bits per heavy atom. The van der Waals surface area contributed by atoms with Gasteiger partial charge in [0.05, 0.1) is 31.4 Å². The number of carbonyl (C=O) groups is 1. The van der Waals surface area contributed by atoms with Crippen molar-refractivity contribution in [3.8, 4) is 23.4 Å². The fourth-order valence-corrected chi connectivity index (χ4v) is 2.21. The first-order chi connectivity index (χ1) is 14.2. The predicted octanol–water partition coefficient (Wildman–Crippen LogP) is 5.92. The van der Waals surface area contributed by atoms with Crippen LogP contribution in [0.2, 0.25) is 0 Å². The van der Waals surface area contributed by atoms with Crippen LogP contribution in [0.5, 0.6) is 17.4 Å². The lowest BCUT2D eigenvalue weighted by Crippen LogP contribution is -2.15. The summed E-state index contributed by atoms with van der Waals surface area (Å²) in [7, 11) is 2.37. The summed E-state index contributed by atoms with van der Waals surface area (Å²) in [6, 6.07) is 6.10. The van der Waals surface area contributed by atoms with Crippen molar-refractivity contribution < 1.29 is 32.2 Å². The Balaban J connectivity index is 0.00000198. The molecule has 2 aromatic rings. The Morgan fingerprint density at radius 2 is 1.70 bits per heavy atom. The molecule has 6 nitrogen and oxygen atoms in total. The molecule has 0 aliphatic carbocycles. The van der Waals surface area contributed by atoms with E-state index in [0.717, 1.165) is 14.0 Å². The number of hydrogen-bond acceptors (Lipinski definition) is 6. The van der Waals surface area contributed by atoms with Crippen LogP contribution in [0.15, 0.2) is 24.4 Å². The van der Waals surface area contributed by atoms with E-state index in [1.54, 1.807) is 0 Å². The van der Waals surface area contributed by atoms with Gasteiger partial charge in [0.2, 0.25) is 5.88 Å². The molecule has 0 N–H and O–H groups in total. The third-order valence-electron chi connectivity index (χ3n) is 3.50. The molecule has 0 fully saturated rings. The van der Waals surface area contributed by atoms with Crippen molar-refractivity contribution in [1.29, 1.82) is 5.26 Å². The largest absolute Gasteiger partial charge is 0.493 e. The fourth-order valence-electron chi connectivity index (χ4n) is 2.21. The maximum absolute atomic E-state index is 13.1. The normalized spacial score (nSPS) is 9.77. The lowest BCUT2D eigenvalue weighted by atomic mass is 10.1. The van der Waals surface area contributed by atoms with Crippen LogP contribution in [0.1, 0.15) is 54.7 Å². The SMILES string of the molecule is CC.CC.COC(=O)c1c(Oc2ccc(C#N)cc2OC)ncc(C(F)(F)F)c1C. The van der Waals surface area contributed by atoms with Gasteiger partial charge >= 0.3 is 12.1 Å². The Morgan fingerprint density at radius 3 is 2.17 bits per heavy atom. The quantitative estimate of drug-likeness (QED) is 0.565. The van der Waals surface area contributed by atoms with Crippen LogP contribution in [-0.4, -0.2) is 25.2 Å². The topological polar surface area (TPSA) is 81.4 Å². The lowest BCUT2D eigenvalue weighted by Gasteiger charge is -2.16. The van der Waals surface area contributed by atoms with Crippen LogP contribution < -0.4 is 9.47 Å². The van der Waals surface area contributed by atoms with Gasteiger partial charge in [0.15, 0.2) is 11.5 Å². The first kappa shape index (κ1) is 26.7. The minimum atomic E-state index is -4.69. The van der Waals surface area contributed by atoms with Gasteiger partial charge in [-0.25, -0.2) is 9.78 Å². The molecule has 0 saturated heterocycles. The van der Waals surface area contributed by atoms with E-state index in [1.807, 2.05) is 33.8 Å². The molecule has 1 heterocycles. The van der Waals surface area contributed by atoms with E-state index in [0.29, 0.717) is 11.8 Å². The second kappa shape index (κ2) is 12.3. The summed E-state index contributed by atoms with van der Waals surface area (Å²) in [6.07, 6.45) is -4.11. The highest BCUT2D eigenvalue weighted by Crippen LogP contribution is 2.38. The van der Waals surface area contributed by atoms with E-state index in [2.05, 4.69) is 9.72 Å². The van der Waals surface area contributed by atoms with Gasteiger partial charge in [0.1, 0.15) is 5.56 Å². The van der Waals surface area contributed by atoms with Crippen molar-refractivity contribution in [3.63, 3.8) is 0 Å². The van der Waals surface area contributed by atoms with E-state index in [4.69, 9.17) is 14.7 Å². The highest BCUT2D eigenvalue weighted by atomic mass is 19.4. The zero-order valence-corrected chi connectivity index (χ0v) is 18.0. The van der Waals surface area contributed by atoms with Crippen LogP contribution in [0, 0.1) is 18.3 Å². The van der Waals surface area contributed by atoms with Crippen molar-refractivity contribution in [2.45, 2.75) is 40.8 Å². The number of carbonyl (C=O) groups excluding carboxylic acids is 1. The van der Waals surface area contributed by atoms with E-state index < -0.39 is 23.3 Å². The molecule has 1 aromatic carbocycles. The third-order valence-corrected chi connectivity index (χ3v) is 3.50. The molecule has 1 aromatic heterocycles. The average molecular weight is 426 g/mol. The van der Waals surface area contributed by atoms with Crippen LogP contribution in [0.3, 0.4) is 0 Å². The first-order valence-electron chi connectivity index (χ1n) is 9.14. The standard InChI is InChI=1S/C17H13F3N2O4.2C2H6/c1-9-11(17(18,19)20)8-22-15(14(9)16(23)25-3)26-12-5-4-10(7-21)6-13(12)24-2;2*1-2/h4-6,8H,1-3H3;2*1-2H3. The van der Waals surface area contributed by atoms with Crippen molar-refractivity contribution >= 4 is 5.97 Å². The van der Waals surface area contributed by atoms with Gasteiger partial charge in [-0.05, 0) is 24.6 Å². The number of hydrogen-bond donors (Lipinski definition) is 0. The van der Waals surface area contributed by atoms with E-state index in [-0.39, 0.29) is 22.9 Å². The molecule has 0 atom stereocenters. The minimum Gasteiger partial charge on any atom is -0.493 e. The lowest BCUT2D eigenvalue weighted by molar-refractivity contribution is -0.138. The van der Waals surface area contributed by atoms with E-state index in [1.165, 1.54) is 25.3 Å². The number of ether oxygens (including phenoxy) is 3. The van der Waals surface area contributed by atoms with Gasteiger partial charge in [0.25, 0.3) is 0 Å². The minimum absolute atomic E-state index is 0.0725. The van der Waals surface area contributed by atoms with Gasteiger partial charge in [-0.1, -0.05) is 27.7 Å². The number of rotatable bonds is 4. The smallest absolute Gasteiger partial charge is 0.418 e. The molecule has 0 amide bonds. The fraction of sp³-hybridized carbons (Fsp3) is 0.381. The Labute approximate surface area is 174 Å². The van der Waals surface area contributed by atoms with Crippen molar-refractivity contribution in [2.24, 2.45) is 0 Å². The second-order valence-corrected chi connectivity index (χ2v) is 5.05. The number of alkyl halides is 3.